The van der Waals surface area contributed by atoms with Crippen molar-refractivity contribution in [3.8, 4) is 17.1 Å². The summed E-state index contributed by atoms with van der Waals surface area (Å²) in [5, 5.41) is 6.81. The van der Waals surface area contributed by atoms with Crippen molar-refractivity contribution in [2.45, 2.75) is 11.3 Å². The quantitative estimate of drug-likeness (QED) is 0.658. The number of methoxy groups -OCH3 is 1. The first-order valence-corrected chi connectivity index (χ1v) is 9.27. The summed E-state index contributed by atoms with van der Waals surface area (Å²) in [4.78, 5) is 4.44. The van der Waals surface area contributed by atoms with Gasteiger partial charge in [0, 0.05) is 18.5 Å². The summed E-state index contributed by atoms with van der Waals surface area (Å²) >= 11 is 0. The van der Waals surface area contributed by atoms with Gasteiger partial charge >= 0.3 is 0 Å². The summed E-state index contributed by atoms with van der Waals surface area (Å²) < 4.78 is 45.0. The molecule has 0 aliphatic carbocycles. The molecule has 0 amide bonds. The highest BCUT2D eigenvalue weighted by molar-refractivity contribution is 7.89. The van der Waals surface area contributed by atoms with Gasteiger partial charge in [-0.25, -0.2) is 22.5 Å². The lowest BCUT2D eigenvalue weighted by molar-refractivity contribution is 0.414. The fraction of sp³-hybridized carbons (Fsp3) is 0.176. The van der Waals surface area contributed by atoms with E-state index >= 15 is 0 Å². The van der Waals surface area contributed by atoms with E-state index in [9.17, 15) is 12.8 Å². The maximum atomic E-state index is 12.9. The number of sulfonamides is 1. The first-order chi connectivity index (χ1) is 12.5. The summed E-state index contributed by atoms with van der Waals surface area (Å²) in [6.07, 6.45) is 0.337. The van der Waals surface area contributed by atoms with E-state index in [0.29, 0.717) is 29.4 Å². The molecule has 7 nitrogen and oxygen atoms in total. The summed E-state index contributed by atoms with van der Waals surface area (Å²) in [7, 11) is -2.10. The maximum Gasteiger partial charge on any atom is 0.240 e. The average Bonchev–Trinajstić information content (AvgIpc) is 3.11. The lowest BCUT2D eigenvalue weighted by atomic mass is 10.2. The molecule has 0 bridgehead atoms. The molecule has 2 N–H and O–H groups in total. The van der Waals surface area contributed by atoms with Crippen molar-refractivity contribution < 1.29 is 17.5 Å². The van der Waals surface area contributed by atoms with E-state index in [1.165, 1.54) is 31.4 Å². The SMILES string of the molecule is COc1ccc(S(=O)(=O)NCCc2nc(-c3ccc(F)cc3)n[nH]2)cc1. The van der Waals surface area contributed by atoms with Gasteiger partial charge in [0.15, 0.2) is 5.82 Å². The Hall–Kier alpha value is -2.78. The van der Waals surface area contributed by atoms with Crippen molar-refractivity contribution in [2.75, 3.05) is 13.7 Å². The molecule has 3 rings (SSSR count). The predicted molar refractivity (Wildman–Crippen MR) is 93.7 cm³/mol. The molecule has 26 heavy (non-hydrogen) atoms. The van der Waals surface area contributed by atoms with Crippen molar-refractivity contribution in [1.29, 1.82) is 0 Å². The minimum absolute atomic E-state index is 0.155. The first-order valence-electron chi connectivity index (χ1n) is 7.79. The highest BCUT2D eigenvalue weighted by Crippen LogP contribution is 2.16. The smallest absolute Gasteiger partial charge is 0.240 e. The lowest BCUT2D eigenvalue weighted by Gasteiger charge is -2.06. The third-order valence-electron chi connectivity index (χ3n) is 3.66. The summed E-state index contributed by atoms with van der Waals surface area (Å²) in [6, 6.07) is 11.9. The number of rotatable bonds is 7. The number of H-pyrrole nitrogens is 1. The second kappa shape index (κ2) is 7.63. The van der Waals surface area contributed by atoms with Gasteiger partial charge in [-0.05, 0) is 48.5 Å². The number of ether oxygens (including phenoxy) is 1. The molecular weight excluding hydrogens is 359 g/mol. The van der Waals surface area contributed by atoms with Gasteiger partial charge in [-0.1, -0.05) is 0 Å². The van der Waals surface area contributed by atoms with Crippen LogP contribution >= 0.6 is 0 Å². The van der Waals surface area contributed by atoms with Gasteiger partial charge in [0.25, 0.3) is 0 Å². The van der Waals surface area contributed by atoms with Crippen molar-refractivity contribution in [3.05, 3.63) is 60.2 Å². The van der Waals surface area contributed by atoms with Crippen LogP contribution in [0.5, 0.6) is 5.75 Å². The summed E-state index contributed by atoms with van der Waals surface area (Å²) in [6.45, 7) is 0.159. The monoisotopic (exact) mass is 376 g/mol. The van der Waals surface area contributed by atoms with Crippen LogP contribution in [-0.2, 0) is 16.4 Å². The predicted octanol–water partition coefficient (Wildman–Crippen LogP) is 2.14. The largest absolute Gasteiger partial charge is 0.497 e. The van der Waals surface area contributed by atoms with E-state index in [-0.39, 0.29) is 17.3 Å². The molecular formula is C17H17FN4O3S. The van der Waals surface area contributed by atoms with Crippen LogP contribution in [0, 0.1) is 5.82 Å². The number of benzene rings is 2. The Morgan fingerprint density at radius 3 is 2.46 bits per heavy atom. The van der Waals surface area contributed by atoms with E-state index in [1.54, 1.807) is 24.3 Å². The number of nitrogens with one attached hydrogen (secondary N) is 2. The van der Waals surface area contributed by atoms with Crippen molar-refractivity contribution in [3.63, 3.8) is 0 Å². The van der Waals surface area contributed by atoms with Gasteiger partial charge < -0.3 is 4.74 Å². The molecule has 0 aliphatic heterocycles. The van der Waals surface area contributed by atoms with Crippen LogP contribution in [0.4, 0.5) is 4.39 Å². The summed E-state index contributed by atoms with van der Waals surface area (Å²) in [5.74, 6) is 1.20. The fourth-order valence-corrected chi connectivity index (χ4v) is 3.31. The molecule has 0 unspecified atom stereocenters. The van der Waals surface area contributed by atoms with Crippen LogP contribution in [-0.4, -0.2) is 37.3 Å². The zero-order valence-corrected chi connectivity index (χ0v) is 14.8. The standard InChI is InChI=1S/C17H17FN4O3S/c1-25-14-6-8-15(9-7-14)26(23,24)19-11-10-16-20-17(22-21-16)12-2-4-13(18)5-3-12/h2-9,19H,10-11H2,1H3,(H,20,21,22). The zero-order chi connectivity index (χ0) is 18.6. The molecule has 3 aromatic rings. The Morgan fingerprint density at radius 2 is 1.81 bits per heavy atom. The van der Waals surface area contributed by atoms with Crippen LogP contribution in [0.1, 0.15) is 5.82 Å². The lowest BCUT2D eigenvalue weighted by Crippen LogP contribution is -2.26. The minimum Gasteiger partial charge on any atom is -0.497 e. The van der Waals surface area contributed by atoms with Crippen molar-refractivity contribution >= 4 is 10.0 Å². The van der Waals surface area contributed by atoms with Gasteiger partial charge in [-0.3, -0.25) is 5.10 Å². The van der Waals surface area contributed by atoms with Crippen LogP contribution in [0.3, 0.4) is 0 Å². The molecule has 1 heterocycles. The van der Waals surface area contributed by atoms with E-state index < -0.39 is 10.0 Å². The highest BCUT2D eigenvalue weighted by atomic mass is 32.2. The normalized spacial score (nSPS) is 11.5. The van der Waals surface area contributed by atoms with Crippen LogP contribution in [0.25, 0.3) is 11.4 Å². The van der Waals surface area contributed by atoms with Gasteiger partial charge in [0.05, 0.1) is 12.0 Å². The van der Waals surface area contributed by atoms with Crippen LogP contribution < -0.4 is 9.46 Å². The maximum absolute atomic E-state index is 12.9. The zero-order valence-electron chi connectivity index (χ0n) is 13.9. The number of hydrogen-bond donors (Lipinski definition) is 2. The molecule has 0 saturated heterocycles. The van der Waals surface area contributed by atoms with Gasteiger partial charge in [-0.2, -0.15) is 5.10 Å². The van der Waals surface area contributed by atoms with Gasteiger partial charge in [-0.15, -0.1) is 0 Å². The molecule has 9 heteroatoms. The first kappa shape index (κ1) is 18.0. The number of hydrogen-bond acceptors (Lipinski definition) is 5. The topological polar surface area (TPSA) is 97.0 Å². The molecule has 0 fully saturated rings. The number of aromatic amines is 1. The molecule has 1 aromatic heterocycles. The fourth-order valence-electron chi connectivity index (χ4n) is 2.28. The molecule has 0 radical (unpaired) electrons. The third-order valence-corrected chi connectivity index (χ3v) is 5.13. The Balaban J connectivity index is 1.60. The molecule has 0 saturated carbocycles. The van der Waals surface area contributed by atoms with E-state index in [2.05, 4.69) is 19.9 Å². The molecule has 136 valence electrons. The van der Waals surface area contributed by atoms with Crippen molar-refractivity contribution in [1.82, 2.24) is 19.9 Å². The Morgan fingerprint density at radius 1 is 1.12 bits per heavy atom. The number of aromatic nitrogens is 3. The second-order valence-electron chi connectivity index (χ2n) is 5.44. The minimum atomic E-state index is -3.61. The van der Waals surface area contributed by atoms with E-state index in [1.807, 2.05) is 0 Å². The van der Waals surface area contributed by atoms with Crippen molar-refractivity contribution in [2.24, 2.45) is 0 Å². The molecule has 2 aromatic carbocycles. The number of halogens is 1. The van der Waals surface area contributed by atoms with E-state index in [0.717, 1.165) is 0 Å². The summed E-state index contributed by atoms with van der Waals surface area (Å²) in [5.41, 5.74) is 0.674. The average molecular weight is 376 g/mol. The molecule has 0 spiro atoms. The van der Waals surface area contributed by atoms with E-state index in [4.69, 9.17) is 4.74 Å². The molecule has 0 aliphatic rings. The Kier molecular flexibility index (Phi) is 5.29. The number of nitrogens with zero attached hydrogens (tertiary/aromatic N) is 2. The highest BCUT2D eigenvalue weighted by Gasteiger charge is 2.14. The van der Waals surface area contributed by atoms with Gasteiger partial charge in [0.1, 0.15) is 17.4 Å². The van der Waals surface area contributed by atoms with Crippen LogP contribution in [0.15, 0.2) is 53.4 Å². The van der Waals surface area contributed by atoms with Crippen LogP contribution in [0.2, 0.25) is 0 Å². The second-order valence-corrected chi connectivity index (χ2v) is 7.20. The molecule has 0 atom stereocenters. The van der Waals surface area contributed by atoms with Gasteiger partial charge in [0.2, 0.25) is 10.0 Å². The Labute approximate surface area is 150 Å². The Bertz CT molecular complexity index is 970. The third kappa shape index (κ3) is 4.24.